The van der Waals surface area contributed by atoms with Crippen molar-refractivity contribution in [1.82, 2.24) is 15.5 Å². The van der Waals surface area contributed by atoms with Crippen LogP contribution in [0.1, 0.15) is 46.0 Å². The van der Waals surface area contributed by atoms with Crippen LogP contribution in [0.4, 0.5) is 5.69 Å². The van der Waals surface area contributed by atoms with E-state index in [0.717, 1.165) is 71.2 Å². The van der Waals surface area contributed by atoms with Crippen LogP contribution in [0, 0.1) is 0 Å². The maximum absolute atomic E-state index is 5.68. The summed E-state index contributed by atoms with van der Waals surface area (Å²) in [7, 11) is 0. The average molecular weight is 416 g/mol. The summed E-state index contributed by atoms with van der Waals surface area (Å²) in [5, 5.41) is 7.00. The molecular formula is C24H41N5O. The van der Waals surface area contributed by atoms with E-state index in [0.29, 0.717) is 0 Å². The van der Waals surface area contributed by atoms with Crippen molar-refractivity contribution in [2.24, 2.45) is 4.99 Å². The molecule has 2 saturated heterocycles. The number of likely N-dealkylation sites (tertiary alicyclic amines) is 1. The van der Waals surface area contributed by atoms with Crippen LogP contribution in [0.3, 0.4) is 0 Å². The fourth-order valence-corrected chi connectivity index (χ4v) is 4.67. The second-order valence-corrected chi connectivity index (χ2v) is 8.42. The first kappa shape index (κ1) is 22.9. The fraction of sp³-hybridized carbons (Fsp3) is 0.708. The van der Waals surface area contributed by atoms with Gasteiger partial charge in [0.15, 0.2) is 5.96 Å². The fourth-order valence-electron chi connectivity index (χ4n) is 4.67. The lowest BCUT2D eigenvalue weighted by Gasteiger charge is -2.43. The molecule has 6 nitrogen and oxygen atoms in total. The third-order valence-electron chi connectivity index (χ3n) is 6.48. The van der Waals surface area contributed by atoms with E-state index in [4.69, 9.17) is 9.73 Å². The Labute approximate surface area is 183 Å². The molecule has 2 heterocycles. The highest BCUT2D eigenvalue weighted by atomic mass is 16.5. The number of guanidine groups is 1. The SMILES string of the molecule is CCNC(=NCC1(N2CCCC2)CCOCC1)NCCCN(CC)c1ccccc1. The van der Waals surface area contributed by atoms with Gasteiger partial charge in [0.2, 0.25) is 0 Å². The van der Waals surface area contributed by atoms with E-state index in [1.54, 1.807) is 0 Å². The van der Waals surface area contributed by atoms with Crippen molar-refractivity contribution in [2.45, 2.75) is 51.5 Å². The maximum atomic E-state index is 5.68. The summed E-state index contributed by atoms with van der Waals surface area (Å²) in [5.74, 6) is 0.949. The molecule has 2 aliphatic rings. The molecule has 30 heavy (non-hydrogen) atoms. The Kier molecular flexibility index (Phi) is 9.27. The molecule has 0 atom stereocenters. The van der Waals surface area contributed by atoms with Crippen LogP contribution < -0.4 is 15.5 Å². The van der Waals surface area contributed by atoms with Crippen molar-refractivity contribution in [2.75, 3.05) is 63.9 Å². The predicted molar refractivity (Wildman–Crippen MR) is 127 cm³/mol. The summed E-state index contributed by atoms with van der Waals surface area (Å²) < 4.78 is 5.68. The van der Waals surface area contributed by atoms with Crippen molar-refractivity contribution in [1.29, 1.82) is 0 Å². The summed E-state index contributed by atoms with van der Waals surface area (Å²) in [4.78, 5) is 10.1. The Morgan fingerprint density at radius 3 is 2.50 bits per heavy atom. The molecule has 2 N–H and O–H groups in total. The van der Waals surface area contributed by atoms with Gasteiger partial charge >= 0.3 is 0 Å². The van der Waals surface area contributed by atoms with Crippen molar-refractivity contribution in [3.8, 4) is 0 Å². The van der Waals surface area contributed by atoms with Crippen LogP contribution >= 0.6 is 0 Å². The number of hydrogen-bond donors (Lipinski definition) is 2. The molecule has 0 aliphatic carbocycles. The van der Waals surface area contributed by atoms with Crippen LogP contribution in [0.2, 0.25) is 0 Å². The summed E-state index contributed by atoms with van der Waals surface area (Å²) in [5.41, 5.74) is 1.48. The van der Waals surface area contributed by atoms with Gasteiger partial charge in [-0.25, -0.2) is 0 Å². The molecule has 0 spiro atoms. The minimum Gasteiger partial charge on any atom is -0.381 e. The topological polar surface area (TPSA) is 52.1 Å². The average Bonchev–Trinajstić information content (AvgIpc) is 3.34. The highest BCUT2D eigenvalue weighted by Gasteiger charge is 2.39. The van der Waals surface area contributed by atoms with Crippen LogP contribution in [-0.2, 0) is 4.74 Å². The number of ether oxygens (including phenoxy) is 1. The molecule has 0 saturated carbocycles. The largest absolute Gasteiger partial charge is 0.381 e. The number of aliphatic imine (C=N–C) groups is 1. The van der Waals surface area contributed by atoms with E-state index >= 15 is 0 Å². The molecule has 1 aromatic rings. The number of para-hydroxylation sites is 1. The highest BCUT2D eigenvalue weighted by Crippen LogP contribution is 2.31. The smallest absolute Gasteiger partial charge is 0.191 e. The van der Waals surface area contributed by atoms with E-state index < -0.39 is 0 Å². The van der Waals surface area contributed by atoms with E-state index in [1.165, 1.54) is 31.6 Å². The normalized spacial score (nSPS) is 19.6. The number of benzene rings is 1. The maximum Gasteiger partial charge on any atom is 0.191 e. The Hall–Kier alpha value is -1.79. The Balaban J connectivity index is 1.52. The first-order valence-corrected chi connectivity index (χ1v) is 11.9. The molecule has 1 aromatic carbocycles. The van der Waals surface area contributed by atoms with Crippen molar-refractivity contribution < 1.29 is 4.74 Å². The molecule has 6 heteroatoms. The molecule has 2 aliphatic heterocycles. The predicted octanol–water partition coefficient (Wildman–Crippen LogP) is 3.10. The number of nitrogens with one attached hydrogen (secondary N) is 2. The third-order valence-corrected chi connectivity index (χ3v) is 6.48. The van der Waals surface area contributed by atoms with Crippen molar-refractivity contribution in [3.63, 3.8) is 0 Å². The molecule has 3 rings (SSSR count). The first-order chi connectivity index (χ1) is 14.8. The van der Waals surface area contributed by atoms with E-state index in [2.05, 4.69) is 64.6 Å². The highest BCUT2D eigenvalue weighted by molar-refractivity contribution is 5.79. The molecule has 168 valence electrons. The number of nitrogens with zero attached hydrogens (tertiary/aromatic N) is 3. The minimum atomic E-state index is 0.184. The summed E-state index contributed by atoms with van der Waals surface area (Å²) in [6, 6.07) is 10.7. The quantitative estimate of drug-likeness (QED) is 0.349. The van der Waals surface area contributed by atoms with Crippen LogP contribution in [0.5, 0.6) is 0 Å². The summed E-state index contributed by atoms with van der Waals surface area (Å²) >= 11 is 0. The zero-order chi connectivity index (χ0) is 21.1. The van der Waals surface area contributed by atoms with Gasteiger partial charge in [-0.15, -0.1) is 0 Å². The van der Waals surface area contributed by atoms with Crippen LogP contribution in [0.15, 0.2) is 35.3 Å². The number of anilines is 1. The second-order valence-electron chi connectivity index (χ2n) is 8.42. The monoisotopic (exact) mass is 415 g/mol. The van der Waals surface area contributed by atoms with Gasteiger partial charge in [0.1, 0.15) is 0 Å². The zero-order valence-corrected chi connectivity index (χ0v) is 19.0. The molecule has 2 fully saturated rings. The van der Waals surface area contributed by atoms with E-state index in [-0.39, 0.29) is 5.54 Å². The number of rotatable bonds is 10. The minimum absolute atomic E-state index is 0.184. The Morgan fingerprint density at radius 1 is 1.10 bits per heavy atom. The molecular weight excluding hydrogens is 374 g/mol. The third kappa shape index (κ3) is 6.35. The van der Waals surface area contributed by atoms with Gasteiger partial charge < -0.3 is 20.3 Å². The van der Waals surface area contributed by atoms with E-state index in [9.17, 15) is 0 Å². The lowest BCUT2D eigenvalue weighted by molar-refractivity contribution is -0.0139. The van der Waals surface area contributed by atoms with Crippen molar-refractivity contribution in [3.05, 3.63) is 30.3 Å². The summed E-state index contributed by atoms with van der Waals surface area (Å²) in [6.45, 7) is 13.2. The van der Waals surface area contributed by atoms with Crippen LogP contribution in [-0.4, -0.2) is 75.4 Å². The Morgan fingerprint density at radius 2 is 1.83 bits per heavy atom. The lowest BCUT2D eigenvalue weighted by Crippen LogP contribution is -2.54. The van der Waals surface area contributed by atoms with Crippen LogP contribution in [0.25, 0.3) is 0 Å². The van der Waals surface area contributed by atoms with Gasteiger partial charge in [0.25, 0.3) is 0 Å². The lowest BCUT2D eigenvalue weighted by atomic mass is 9.88. The Bertz CT molecular complexity index is 624. The molecule has 0 radical (unpaired) electrons. The first-order valence-electron chi connectivity index (χ1n) is 11.9. The summed E-state index contributed by atoms with van der Waals surface area (Å²) in [6.07, 6.45) is 5.91. The van der Waals surface area contributed by atoms with Crippen molar-refractivity contribution >= 4 is 11.6 Å². The van der Waals surface area contributed by atoms with Gasteiger partial charge in [-0.2, -0.15) is 0 Å². The molecule has 0 bridgehead atoms. The zero-order valence-electron chi connectivity index (χ0n) is 19.0. The molecule has 0 aromatic heterocycles. The van der Waals surface area contributed by atoms with Gasteiger partial charge in [-0.1, -0.05) is 18.2 Å². The standard InChI is InChI=1S/C24H41N5O/c1-3-25-23(26-15-10-16-28(4-2)22-11-6-5-7-12-22)27-21-24(13-19-30-20-14-24)29-17-8-9-18-29/h5-7,11-12H,3-4,8-10,13-21H2,1-2H3,(H2,25,26,27). The van der Waals surface area contributed by atoms with Gasteiger partial charge in [0, 0.05) is 50.6 Å². The van der Waals surface area contributed by atoms with Gasteiger partial charge in [-0.05, 0) is 71.2 Å². The van der Waals surface area contributed by atoms with Gasteiger partial charge in [0.05, 0.1) is 6.54 Å². The number of hydrogen-bond acceptors (Lipinski definition) is 4. The van der Waals surface area contributed by atoms with E-state index in [1.807, 2.05) is 0 Å². The molecule has 0 amide bonds. The molecule has 0 unspecified atom stereocenters. The van der Waals surface area contributed by atoms with Gasteiger partial charge in [-0.3, -0.25) is 9.89 Å². The second kappa shape index (κ2) is 12.2.